The van der Waals surface area contributed by atoms with Gasteiger partial charge in [-0.15, -0.1) is 0 Å². The lowest BCUT2D eigenvalue weighted by atomic mass is 10.1. The number of hydrogen-bond acceptors (Lipinski definition) is 4. The Hall–Kier alpha value is -0.520. The molecule has 1 rings (SSSR count). The Balaban J connectivity index is 2.31. The average molecular weight is 228 g/mol. The first-order valence-electron chi connectivity index (χ1n) is 5.20. The molecule has 4 nitrogen and oxygen atoms in total. The highest BCUT2D eigenvalue weighted by Crippen LogP contribution is 2.08. The quantitative estimate of drug-likeness (QED) is 0.538. The minimum atomic E-state index is 0.410. The lowest BCUT2D eigenvalue weighted by Gasteiger charge is -2.14. The van der Waals surface area contributed by atoms with Crippen LogP contribution in [0.15, 0.2) is 12.3 Å². The lowest BCUT2D eigenvalue weighted by Crippen LogP contribution is -2.36. The zero-order chi connectivity index (χ0) is 11.1. The second-order valence-electron chi connectivity index (χ2n) is 3.63. The largest absolute Gasteiger partial charge is 0.273 e. The van der Waals surface area contributed by atoms with E-state index in [4.69, 9.17) is 5.84 Å². The normalized spacial score (nSPS) is 13.0. The van der Waals surface area contributed by atoms with E-state index in [1.54, 1.807) is 0 Å². The molecule has 0 fully saturated rings. The fraction of sp³-hybridized carbons (Fsp3) is 0.700. The van der Waals surface area contributed by atoms with Crippen molar-refractivity contribution in [3.8, 4) is 0 Å². The summed E-state index contributed by atoms with van der Waals surface area (Å²) in [6.45, 7) is 0. The number of nitrogens with one attached hydrogen (secondary N) is 1. The fourth-order valence-corrected chi connectivity index (χ4v) is 2.06. The van der Waals surface area contributed by atoms with E-state index in [2.05, 4.69) is 22.8 Å². The summed E-state index contributed by atoms with van der Waals surface area (Å²) in [4.78, 5) is 0. The molecule has 86 valence electrons. The van der Waals surface area contributed by atoms with Crippen molar-refractivity contribution >= 4 is 11.8 Å². The summed E-state index contributed by atoms with van der Waals surface area (Å²) in [6, 6.07) is 2.47. The van der Waals surface area contributed by atoms with Gasteiger partial charge in [0, 0.05) is 25.0 Å². The number of rotatable bonds is 7. The van der Waals surface area contributed by atoms with Gasteiger partial charge in [0.05, 0.1) is 0 Å². The third-order valence-electron chi connectivity index (χ3n) is 2.58. The predicted molar refractivity (Wildman–Crippen MR) is 65.6 cm³/mol. The van der Waals surface area contributed by atoms with E-state index in [0.717, 1.165) is 25.0 Å². The zero-order valence-corrected chi connectivity index (χ0v) is 10.3. The van der Waals surface area contributed by atoms with Crippen LogP contribution in [0.1, 0.15) is 18.5 Å². The molecule has 1 aromatic heterocycles. The third-order valence-corrected chi connectivity index (χ3v) is 3.22. The number of hydrazine groups is 1. The van der Waals surface area contributed by atoms with Crippen molar-refractivity contribution in [1.82, 2.24) is 15.2 Å². The zero-order valence-electron chi connectivity index (χ0n) is 9.44. The van der Waals surface area contributed by atoms with Crippen molar-refractivity contribution in [2.75, 3.05) is 12.0 Å². The van der Waals surface area contributed by atoms with E-state index in [9.17, 15) is 0 Å². The van der Waals surface area contributed by atoms with Crippen molar-refractivity contribution in [2.45, 2.75) is 25.3 Å². The number of nitrogens with zero attached hydrogens (tertiary/aromatic N) is 2. The topological polar surface area (TPSA) is 55.9 Å². The average Bonchev–Trinajstić information content (AvgIpc) is 2.65. The lowest BCUT2D eigenvalue weighted by molar-refractivity contribution is 0.477. The second-order valence-corrected chi connectivity index (χ2v) is 4.62. The van der Waals surface area contributed by atoms with Crippen LogP contribution in [-0.2, 0) is 13.5 Å². The number of aromatic nitrogens is 2. The summed E-state index contributed by atoms with van der Waals surface area (Å²) in [7, 11) is 1.97. The van der Waals surface area contributed by atoms with E-state index in [1.165, 1.54) is 5.69 Å². The molecule has 5 heteroatoms. The molecule has 0 saturated heterocycles. The van der Waals surface area contributed by atoms with Crippen LogP contribution in [0.4, 0.5) is 0 Å². The maximum absolute atomic E-state index is 5.51. The SMILES string of the molecule is CSCCC(CCc1ccnn1C)NN. The standard InChI is InChI=1S/C10H20N4S/c1-14-10(5-7-12-14)4-3-9(13-11)6-8-15-2/h5,7,9,13H,3-4,6,8,11H2,1-2H3. The summed E-state index contributed by atoms with van der Waals surface area (Å²) >= 11 is 1.86. The molecule has 1 heterocycles. The van der Waals surface area contributed by atoms with Gasteiger partial charge in [0.25, 0.3) is 0 Å². The van der Waals surface area contributed by atoms with Gasteiger partial charge in [-0.2, -0.15) is 16.9 Å². The number of hydrogen-bond donors (Lipinski definition) is 2. The van der Waals surface area contributed by atoms with Gasteiger partial charge < -0.3 is 0 Å². The van der Waals surface area contributed by atoms with Crippen LogP contribution in [0.5, 0.6) is 0 Å². The molecule has 0 spiro atoms. The highest BCUT2D eigenvalue weighted by Gasteiger charge is 2.07. The minimum Gasteiger partial charge on any atom is -0.273 e. The van der Waals surface area contributed by atoms with Crippen LogP contribution in [0, 0.1) is 0 Å². The molecular formula is C10H20N4S. The van der Waals surface area contributed by atoms with Crippen LogP contribution in [0.2, 0.25) is 0 Å². The minimum absolute atomic E-state index is 0.410. The monoisotopic (exact) mass is 228 g/mol. The predicted octanol–water partition coefficient (Wildman–Crippen LogP) is 0.938. The van der Waals surface area contributed by atoms with Gasteiger partial charge in [-0.05, 0) is 37.3 Å². The molecule has 0 aliphatic rings. The van der Waals surface area contributed by atoms with E-state index < -0.39 is 0 Å². The molecule has 0 aliphatic heterocycles. The Bertz CT molecular complexity index is 274. The molecule has 1 aromatic rings. The number of thioether (sulfide) groups is 1. The summed E-state index contributed by atoms with van der Waals surface area (Å²) in [5.41, 5.74) is 4.14. The fourth-order valence-electron chi connectivity index (χ4n) is 1.54. The summed E-state index contributed by atoms with van der Waals surface area (Å²) in [6.07, 6.45) is 7.17. The molecule has 0 radical (unpaired) electrons. The molecule has 0 saturated carbocycles. The summed E-state index contributed by atoms with van der Waals surface area (Å²) in [5.74, 6) is 6.66. The number of nitrogens with two attached hydrogens (primary N) is 1. The van der Waals surface area contributed by atoms with Crippen molar-refractivity contribution in [2.24, 2.45) is 12.9 Å². The smallest absolute Gasteiger partial charge is 0.0492 e. The highest BCUT2D eigenvalue weighted by atomic mass is 32.2. The Morgan fingerprint density at radius 2 is 2.40 bits per heavy atom. The van der Waals surface area contributed by atoms with Gasteiger partial charge in [-0.25, -0.2) is 0 Å². The Kier molecular flexibility index (Phi) is 5.75. The van der Waals surface area contributed by atoms with Crippen molar-refractivity contribution in [1.29, 1.82) is 0 Å². The molecule has 0 bridgehead atoms. The first-order valence-corrected chi connectivity index (χ1v) is 6.59. The molecule has 3 N–H and O–H groups in total. The maximum Gasteiger partial charge on any atom is 0.0492 e. The molecule has 1 unspecified atom stereocenters. The maximum atomic E-state index is 5.51. The van der Waals surface area contributed by atoms with Crippen LogP contribution in [0.25, 0.3) is 0 Å². The van der Waals surface area contributed by atoms with Gasteiger partial charge >= 0.3 is 0 Å². The molecule has 0 aromatic carbocycles. The van der Waals surface area contributed by atoms with Crippen LogP contribution in [-0.4, -0.2) is 27.8 Å². The molecule has 15 heavy (non-hydrogen) atoms. The Labute approximate surface area is 95.6 Å². The van der Waals surface area contributed by atoms with Crippen molar-refractivity contribution in [3.63, 3.8) is 0 Å². The molecule has 1 atom stereocenters. The van der Waals surface area contributed by atoms with Gasteiger partial charge in [0.1, 0.15) is 0 Å². The van der Waals surface area contributed by atoms with Gasteiger partial charge in [0.2, 0.25) is 0 Å². The van der Waals surface area contributed by atoms with E-state index in [-0.39, 0.29) is 0 Å². The summed E-state index contributed by atoms with van der Waals surface area (Å²) < 4.78 is 1.92. The molecule has 0 amide bonds. The van der Waals surface area contributed by atoms with Crippen LogP contribution >= 0.6 is 11.8 Å². The molecular weight excluding hydrogens is 208 g/mol. The Morgan fingerprint density at radius 1 is 1.60 bits per heavy atom. The Morgan fingerprint density at radius 3 is 2.93 bits per heavy atom. The highest BCUT2D eigenvalue weighted by molar-refractivity contribution is 7.98. The summed E-state index contributed by atoms with van der Waals surface area (Å²) in [5, 5.41) is 4.14. The van der Waals surface area contributed by atoms with Crippen LogP contribution < -0.4 is 11.3 Å². The first-order chi connectivity index (χ1) is 7.27. The van der Waals surface area contributed by atoms with Crippen LogP contribution in [0.3, 0.4) is 0 Å². The van der Waals surface area contributed by atoms with E-state index in [0.29, 0.717) is 6.04 Å². The van der Waals surface area contributed by atoms with E-state index >= 15 is 0 Å². The van der Waals surface area contributed by atoms with Gasteiger partial charge in [-0.1, -0.05) is 0 Å². The van der Waals surface area contributed by atoms with Crippen molar-refractivity contribution in [3.05, 3.63) is 18.0 Å². The third kappa shape index (κ3) is 4.24. The second kappa shape index (κ2) is 6.87. The first kappa shape index (κ1) is 12.5. The molecule has 0 aliphatic carbocycles. The van der Waals surface area contributed by atoms with E-state index in [1.807, 2.05) is 29.7 Å². The number of aryl methyl sites for hydroxylation is 2. The van der Waals surface area contributed by atoms with Crippen molar-refractivity contribution < 1.29 is 0 Å². The van der Waals surface area contributed by atoms with Gasteiger partial charge in [-0.3, -0.25) is 16.0 Å². The van der Waals surface area contributed by atoms with Gasteiger partial charge in [0.15, 0.2) is 0 Å².